The van der Waals surface area contributed by atoms with Crippen LogP contribution in [-0.4, -0.2) is 37.2 Å². The van der Waals surface area contributed by atoms with E-state index in [2.05, 4.69) is 106 Å². The smallest absolute Gasteiger partial charge is 0.306 e. The SMILES string of the molecule is CC/C=C\C/C=C\C/C=C\C/C=C\C/C=C\C/C=C\C/C=C\CCCCCC(=O)OCC(COC(=O)CCCCCCCCCCCCC)OC(=O)CCCCCCCCCCCCCCCCCCCCCCCCC. The third-order valence-corrected chi connectivity index (χ3v) is 14.4. The predicted octanol–water partition coefficient (Wildman–Crippen LogP) is 22.7. The fourth-order valence-electron chi connectivity index (χ4n) is 9.48. The van der Waals surface area contributed by atoms with Crippen molar-refractivity contribution in [1.82, 2.24) is 0 Å². The summed E-state index contributed by atoms with van der Waals surface area (Å²) in [6.45, 7) is 6.53. The molecule has 6 nitrogen and oxygen atoms in total. The second-order valence-corrected chi connectivity index (χ2v) is 22.0. The molecule has 6 heteroatoms. The molecular formula is C71H124O6. The Labute approximate surface area is 477 Å². The Morgan fingerprint density at radius 2 is 0.506 bits per heavy atom. The molecule has 0 aliphatic heterocycles. The first-order chi connectivity index (χ1) is 38.0. The number of rotatable bonds is 60. The monoisotopic (exact) mass is 1070 g/mol. The van der Waals surface area contributed by atoms with E-state index in [1.165, 1.54) is 180 Å². The van der Waals surface area contributed by atoms with Gasteiger partial charge in [-0.15, -0.1) is 0 Å². The van der Waals surface area contributed by atoms with Gasteiger partial charge in [0.05, 0.1) is 0 Å². The summed E-state index contributed by atoms with van der Waals surface area (Å²) in [4.78, 5) is 38.3. The lowest BCUT2D eigenvalue weighted by Crippen LogP contribution is -2.30. The van der Waals surface area contributed by atoms with Gasteiger partial charge in [0.1, 0.15) is 13.2 Å². The minimum Gasteiger partial charge on any atom is -0.462 e. The summed E-state index contributed by atoms with van der Waals surface area (Å²) in [5.74, 6) is -0.902. The minimum atomic E-state index is -0.788. The van der Waals surface area contributed by atoms with Gasteiger partial charge in [0, 0.05) is 19.3 Å². The highest BCUT2D eigenvalue weighted by Crippen LogP contribution is 2.17. The van der Waals surface area contributed by atoms with Gasteiger partial charge in [0.2, 0.25) is 0 Å². The number of unbranched alkanes of at least 4 members (excludes halogenated alkanes) is 35. The molecule has 0 heterocycles. The lowest BCUT2D eigenvalue weighted by atomic mass is 10.0. The predicted molar refractivity (Wildman–Crippen MR) is 334 cm³/mol. The van der Waals surface area contributed by atoms with E-state index < -0.39 is 6.10 Å². The van der Waals surface area contributed by atoms with E-state index in [1.54, 1.807) is 0 Å². The first-order valence-electron chi connectivity index (χ1n) is 33.1. The van der Waals surface area contributed by atoms with Gasteiger partial charge in [-0.3, -0.25) is 14.4 Å². The molecule has 0 aliphatic carbocycles. The lowest BCUT2D eigenvalue weighted by Gasteiger charge is -2.18. The summed E-state index contributed by atoms with van der Waals surface area (Å²) in [6, 6.07) is 0. The molecule has 0 fully saturated rings. The average Bonchev–Trinajstić information content (AvgIpc) is 3.43. The quantitative estimate of drug-likeness (QED) is 0.0261. The number of carbonyl (C=O) groups excluding carboxylic acids is 3. The van der Waals surface area contributed by atoms with Crippen LogP contribution in [0.4, 0.5) is 0 Å². The van der Waals surface area contributed by atoms with Crippen LogP contribution in [0.25, 0.3) is 0 Å². The van der Waals surface area contributed by atoms with Gasteiger partial charge in [-0.1, -0.05) is 318 Å². The molecular weight excluding hydrogens is 949 g/mol. The molecule has 0 rings (SSSR count). The van der Waals surface area contributed by atoms with Crippen LogP contribution >= 0.6 is 0 Å². The summed E-state index contributed by atoms with van der Waals surface area (Å²) in [5.41, 5.74) is 0. The molecule has 1 atom stereocenters. The molecule has 0 spiro atoms. The fraction of sp³-hybridized carbons (Fsp3) is 0.761. The second kappa shape index (κ2) is 65.1. The number of allylic oxidation sites excluding steroid dienone is 14. The topological polar surface area (TPSA) is 78.9 Å². The molecule has 0 aromatic rings. The molecule has 77 heavy (non-hydrogen) atoms. The van der Waals surface area contributed by atoms with Crippen LogP contribution in [-0.2, 0) is 28.6 Å². The molecule has 0 radical (unpaired) electrons. The van der Waals surface area contributed by atoms with Crippen molar-refractivity contribution in [3.8, 4) is 0 Å². The van der Waals surface area contributed by atoms with Crippen LogP contribution in [0.3, 0.4) is 0 Å². The van der Waals surface area contributed by atoms with Gasteiger partial charge in [0.15, 0.2) is 6.10 Å². The van der Waals surface area contributed by atoms with Gasteiger partial charge in [-0.2, -0.15) is 0 Å². The summed E-state index contributed by atoms with van der Waals surface area (Å²) < 4.78 is 16.9. The van der Waals surface area contributed by atoms with Gasteiger partial charge >= 0.3 is 17.9 Å². The standard InChI is InChI=1S/C71H124O6/c1-4-7-10-13-16-19-22-24-26-28-30-32-34-35-37-38-40-42-44-46-49-52-55-58-61-64-70(73)76-67-68(66-75-69(72)63-60-57-54-51-48-21-18-15-12-9-6-3)77-71(74)65-62-59-56-53-50-47-45-43-41-39-36-33-31-29-27-25-23-20-17-14-11-8-5-2/h7,10,16,19,24,26,30,32,35,37,40,42,46,49,68H,4-6,8-9,11-15,17-18,20-23,25,27-29,31,33-34,36,38-39,41,43-45,47-48,50-67H2,1-3H3/b10-7-,19-16-,26-24-,32-30-,37-35-,42-40-,49-46-. The molecule has 0 saturated carbocycles. The van der Waals surface area contributed by atoms with Crippen LogP contribution in [0.2, 0.25) is 0 Å². The van der Waals surface area contributed by atoms with E-state index >= 15 is 0 Å². The highest BCUT2D eigenvalue weighted by atomic mass is 16.6. The molecule has 0 aliphatic rings. The molecule has 444 valence electrons. The zero-order valence-electron chi connectivity index (χ0n) is 51.0. The second-order valence-electron chi connectivity index (χ2n) is 22.0. The zero-order chi connectivity index (χ0) is 55.7. The van der Waals surface area contributed by atoms with E-state index in [1.807, 2.05) is 0 Å². The highest BCUT2D eigenvalue weighted by Gasteiger charge is 2.19. The Bertz CT molecular complexity index is 1470. The number of ether oxygens (including phenoxy) is 3. The fourth-order valence-corrected chi connectivity index (χ4v) is 9.48. The minimum absolute atomic E-state index is 0.0831. The molecule has 0 aromatic carbocycles. The normalized spacial score (nSPS) is 12.6. The molecule has 0 N–H and O–H groups in total. The first kappa shape index (κ1) is 73.6. The van der Waals surface area contributed by atoms with Crippen molar-refractivity contribution in [2.45, 2.75) is 335 Å². The Morgan fingerprint density at radius 3 is 0.792 bits per heavy atom. The maximum absolute atomic E-state index is 12.9. The zero-order valence-corrected chi connectivity index (χ0v) is 51.0. The van der Waals surface area contributed by atoms with E-state index in [0.29, 0.717) is 19.3 Å². The van der Waals surface area contributed by atoms with E-state index in [9.17, 15) is 14.4 Å². The summed E-state index contributed by atoms with van der Waals surface area (Å²) in [5, 5.41) is 0. The Balaban J connectivity index is 4.32. The van der Waals surface area contributed by atoms with Crippen LogP contribution < -0.4 is 0 Å². The van der Waals surface area contributed by atoms with Crippen molar-refractivity contribution in [3.05, 3.63) is 85.1 Å². The van der Waals surface area contributed by atoms with E-state index in [4.69, 9.17) is 14.2 Å². The Morgan fingerprint density at radius 1 is 0.273 bits per heavy atom. The van der Waals surface area contributed by atoms with Crippen LogP contribution in [0, 0.1) is 0 Å². The highest BCUT2D eigenvalue weighted by molar-refractivity contribution is 5.71. The maximum atomic E-state index is 12.9. The van der Waals surface area contributed by atoms with Crippen molar-refractivity contribution in [2.24, 2.45) is 0 Å². The average molecular weight is 1070 g/mol. The number of hydrogen-bond acceptors (Lipinski definition) is 6. The molecule has 0 aromatic heterocycles. The van der Waals surface area contributed by atoms with E-state index in [-0.39, 0.29) is 31.1 Å². The first-order valence-corrected chi connectivity index (χ1v) is 33.1. The summed E-state index contributed by atoms with van der Waals surface area (Å²) in [7, 11) is 0. The van der Waals surface area contributed by atoms with Crippen LogP contribution in [0.15, 0.2) is 85.1 Å². The number of esters is 3. The third kappa shape index (κ3) is 63.3. The van der Waals surface area contributed by atoms with Gasteiger partial charge in [-0.25, -0.2) is 0 Å². The number of hydrogen-bond donors (Lipinski definition) is 0. The van der Waals surface area contributed by atoms with E-state index in [0.717, 1.165) is 109 Å². The van der Waals surface area contributed by atoms with Crippen LogP contribution in [0.5, 0.6) is 0 Å². The van der Waals surface area contributed by atoms with Crippen molar-refractivity contribution in [1.29, 1.82) is 0 Å². The molecule has 1 unspecified atom stereocenters. The lowest BCUT2D eigenvalue weighted by molar-refractivity contribution is -0.167. The maximum Gasteiger partial charge on any atom is 0.306 e. The molecule has 0 bridgehead atoms. The van der Waals surface area contributed by atoms with Gasteiger partial charge in [-0.05, 0) is 77.0 Å². The summed E-state index contributed by atoms with van der Waals surface area (Å²) in [6.07, 6.45) is 86.0. The largest absolute Gasteiger partial charge is 0.462 e. The number of carbonyl (C=O) groups is 3. The van der Waals surface area contributed by atoms with Crippen molar-refractivity contribution in [2.75, 3.05) is 13.2 Å². The van der Waals surface area contributed by atoms with Crippen molar-refractivity contribution >= 4 is 17.9 Å². The van der Waals surface area contributed by atoms with Crippen molar-refractivity contribution in [3.63, 3.8) is 0 Å². The Kier molecular flexibility index (Phi) is 62.2. The summed E-state index contributed by atoms with van der Waals surface area (Å²) >= 11 is 0. The Hall–Kier alpha value is -3.41. The third-order valence-electron chi connectivity index (χ3n) is 14.4. The van der Waals surface area contributed by atoms with Gasteiger partial charge in [0.25, 0.3) is 0 Å². The van der Waals surface area contributed by atoms with Gasteiger partial charge < -0.3 is 14.2 Å². The molecule has 0 amide bonds. The van der Waals surface area contributed by atoms with Crippen LogP contribution in [0.1, 0.15) is 329 Å². The van der Waals surface area contributed by atoms with Crippen molar-refractivity contribution < 1.29 is 28.6 Å². The molecule has 0 saturated heterocycles.